The minimum Gasteiger partial charge on any atom is -0.756 e. The standard InChI is InChI=1S/C48H88NO9P/c1-6-8-10-12-14-16-18-20-21-22-23-25-27-29-31-33-35-39-47(51)55-43-46(44-57-59(53,54)56-42-41-49(3,4)5)58-48(52)40-36-38-45(50)37-34-32-30-28-26-24-19-17-15-13-11-9-7-2/h15,17,24,26,30,32,34,37,45-46,50H,6-14,16,18-23,25,27-29,31,33,35-36,38-44H2,1-5H3/b17-15-,26-24-,32-30-,37-34+/t45-,46+/m0/s1. The quantitative estimate of drug-likeness (QED) is 0.0159. The third-order valence-corrected chi connectivity index (χ3v) is 10.9. The summed E-state index contributed by atoms with van der Waals surface area (Å²) in [5.41, 5.74) is 0. The van der Waals surface area contributed by atoms with E-state index < -0.39 is 38.6 Å². The molecule has 10 nitrogen and oxygen atoms in total. The molecule has 0 aromatic rings. The molecule has 0 saturated heterocycles. The molecule has 0 aliphatic carbocycles. The van der Waals surface area contributed by atoms with Gasteiger partial charge < -0.3 is 33.0 Å². The highest BCUT2D eigenvalue weighted by atomic mass is 31.2. The average molecular weight is 854 g/mol. The summed E-state index contributed by atoms with van der Waals surface area (Å²) in [4.78, 5) is 37.6. The van der Waals surface area contributed by atoms with Gasteiger partial charge in [0.25, 0.3) is 7.82 Å². The number of hydrogen-bond donors (Lipinski definition) is 1. The van der Waals surface area contributed by atoms with Gasteiger partial charge >= 0.3 is 11.9 Å². The molecule has 0 aliphatic heterocycles. The summed E-state index contributed by atoms with van der Waals surface area (Å²) < 4.78 is 33.8. The summed E-state index contributed by atoms with van der Waals surface area (Å²) in [7, 11) is 1.05. The second-order valence-electron chi connectivity index (χ2n) is 17.0. The molecule has 11 heteroatoms. The summed E-state index contributed by atoms with van der Waals surface area (Å²) in [5, 5.41) is 10.3. The fourth-order valence-corrected chi connectivity index (χ4v) is 6.96. The van der Waals surface area contributed by atoms with Gasteiger partial charge in [-0.25, -0.2) is 0 Å². The van der Waals surface area contributed by atoms with Crippen LogP contribution in [0.15, 0.2) is 48.6 Å². The molecule has 0 amide bonds. The minimum atomic E-state index is -4.68. The van der Waals surface area contributed by atoms with Crippen LogP contribution < -0.4 is 4.89 Å². The van der Waals surface area contributed by atoms with Crippen LogP contribution in [0.1, 0.15) is 187 Å². The lowest BCUT2D eigenvalue weighted by molar-refractivity contribution is -0.870. The van der Waals surface area contributed by atoms with E-state index >= 15 is 0 Å². The lowest BCUT2D eigenvalue weighted by atomic mass is 10.0. The van der Waals surface area contributed by atoms with E-state index in [1.54, 1.807) is 12.2 Å². The number of carbonyl (C=O) groups is 2. The number of quaternary nitrogens is 1. The van der Waals surface area contributed by atoms with Crippen molar-refractivity contribution in [3.8, 4) is 0 Å². The minimum absolute atomic E-state index is 0.00266. The van der Waals surface area contributed by atoms with Crippen molar-refractivity contribution in [1.29, 1.82) is 0 Å². The first kappa shape index (κ1) is 56.9. The summed E-state index contributed by atoms with van der Waals surface area (Å²) in [6.07, 6.45) is 43.1. The van der Waals surface area contributed by atoms with Crippen LogP contribution in [0.2, 0.25) is 0 Å². The third-order valence-electron chi connectivity index (χ3n) is 9.96. The number of rotatable bonds is 42. The zero-order valence-electron chi connectivity index (χ0n) is 38.3. The molecule has 0 aromatic heterocycles. The average Bonchev–Trinajstić information content (AvgIpc) is 3.18. The zero-order valence-corrected chi connectivity index (χ0v) is 39.2. The normalized spacial score (nSPS) is 14.5. The topological polar surface area (TPSA) is 131 Å². The van der Waals surface area contributed by atoms with Crippen molar-refractivity contribution < 1.29 is 47.2 Å². The first-order chi connectivity index (χ1) is 28.4. The molecule has 1 N–H and O–H groups in total. The van der Waals surface area contributed by atoms with Gasteiger partial charge in [-0.05, 0) is 44.9 Å². The van der Waals surface area contributed by atoms with Crippen molar-refractivity contribution in [3.63, 3.8) is 0 Å². The van der Waals surface area contributed by atoms with Crippen LogP contribution in [0.5, 0.6) is 0 Å². The number of nitrogens with zero attached hydrogens (tertiary/aromatic N) is 1. The fourth-order valence-electron chi connectivity index (χ4n) is 6.23. The molecule has 0 aliphatic rings. The Kier molecular flexibility index (Phi) is 38.6. The number of hydrogen-bond acceptors (Lipinski definition) is 9. The highest BCUT2D eigenvalue weighted by molar-refractivity contribution is 7.45. The van der Waals surface area contributed by atoms with Gasteiger partial charge in [0.15, 0.2) is 6.10 Å². The second kappa shape index (κ2) is 40.0. The van der Waals surface area contributed by atoms with E-state index in [9.17, 15) is 24.2 Å². The van der Waals surface area contributed by atoms with Crippen molar-refractivity contribution in [2.24, 2.45) is 0 Å². The molecular weight excluding hydrogens is 766 g/mol. The van der Waals surface area contributed by atoms with Gasteiger partial charge in [-0.1, -0.05) is 178 Å². The molecule has 0 bridgehead atoms. The van der Waals surface area contributed by atoms with Crippen LogP contribution in [0, 0.1) is 0 Å². The van der Waals surface area contributed by atoms with Gasteiger partial charge in [-0.2, -0.15) is 0 Å². The van der Waals surface area contributed by atoms with Gasteiger partial charge in [0.1, 0.15) is 19.8 Å². The lowest BCUT2D eigenvalue weighted by Gasteiger charge is -2.28. The van der Waals surface area contributed by atoms with E-state index in [1.165, 1.54) is 103 Å². The molecule has 344 valence electrons. The van der Waals surface area contributed by atoms with Crippen LogP contribution in [0.25, 0.3) is 0 Å². The molecule has 1 unspecified atom stereocenters. The number of ether oxygens (including phenoxy) is 2. The first-order valence-corrected chi connectivity index (χ1v) is 24.9. The number of esters is 2. The summed E-state index contributed by atoms with van der Waals surface area (Å²) >= 11 is 0. The number of allylic oxidation sites excluding steroid dienone is 7. The van der Waals surface area contributed by atoms with Crippen molar-refractivity contribution in [2.45, 2.75) is 199 Å². The van der Waals surface area contributed by atoms with E-state index in [-0.39, 0.29) is 26.1 Å². The number of carbonyl (C=O) groups excluding carboxylic acids is 2. The highest BCUT2D eigenvalue weighted by Gasteiger charge is 2.22. The molecule has 0 fully saturated rings. The van der Waals surface area contributed by atoms with Crippen molar-refractivity contribution in [1.82, 2.24) is 0 Å². The zero-order chi connectivity index (χ0) is 43.7. The fraction of sp³-hybridized carbons (Fsp3) is 0.792. The molecule has 0 saturated carbocycles. The molecule has 0 radical (unpaired) electrons. The van der Waals surface area contributed by atoms with Gasteiger partial charge in [0.05, 0.1) is 33.9 Å². The second-order valence-corrected chi connectivity index (χ2v) is 18.4. The first-order valence-electron chi connectivity index (χ1n) is 23.5. The summed E-state index contributed by atoms with van der Waals surface area (Å²) in [6.45, 7) is 3.98. The van der Waals surface area contributed by atoms with Gasteiger partial charge in [0.2, 0.25) is 0 Å². The van der Waals surface area contributed by atoms with E-state index in [1.807, 2.05) is 33.3 Å². The number of phosphoric acid groups is 1. The largest absolute Gasteiger partial charge is 0.756 e. The van der Waals surface area contributed by atoms with E-state index in [0.29, 0.717) is 30.3 Å². The van der Waals surface area contributed by atoms with Crippen LogP contribution in [-0.4, -0.2) is 81.2 Å². The monoisotopic (exact) mass is 854 g/mol. The van der Waals surface area contributed by atoms with E-state index in [0.717, 1.165) is 38.5 Å². The predicted octanol–water partition coefficient (Wildman–Crippen LogP) is 11.8. The Balaban J connectivity index is 4.50. The lowest BCUT2D eigenvalue weighted by Crippen LogP contribution is -2.37. The third kappa shape index (κ3) is 43.8. The van der Waals surface area contributed by atoms with Crippen LogP contribution in [0.4, 0.5) is 0 Å². The van der Waals surface area contributed by atoms with E-state index in [2.05, 4.69) is 38.2 Å². The molecule has 0 aromatic carbocycles. The van der Waals surface area contributed by atoms with Crippen molar-refractivity contribution in [3.05, 3.63) is 48.6 Å². The Labute approximate surface area is 361 Å². The Morgan fingerprint density at radius 3 is 1.71 bits per heavy atom. The number of likely N-dealkylation sites (N-methyl/N-ethyl adjacent to an activating group) is 1. The van der Waals surface area contributed by atoms with Crippen LogP contribution >= 0.6 is 7.82 Å². The number of aliphatic hydroxyl groups excluding tert-OH is 1. The maximum absolute atomic E-state index is 12.7. The van der Waals surface area contributed by atoms with Gasteiger partial charge in [-0.3, -0.25) is 14.2 Å². The molecule has 3 atom stereocenters. The van der Waals surface area contributed by atoms with Crippen molar-refractivity contribution in [2.75, 3.05) is 47.5 Å². The SMILES string of the molecule is CCCCC/C=C\C/C=C\C/C=C\C=C\[C@H](O)CCCC(=O)O[C@H](COC(=O)CCCCCCCCCCCCCCCCCCC)COP(=O)([O-])OCC[N+](C)(C)C. The van der Waals surface area contributed by atoms with Gasteiger partial charge in [-0.15, -0.1) is 0 Å². The molecule has 0 spiro atoms. The Bertz CT molecular complexity index is 1160. The van der Waals surface area contributed by atoms with Crippen LogP contribution in [-0.2, 0) is 32.7 Å². The van der Waals surface area contributed by atoms with E-state index in [4.69, 9.17) is 18.5 Å². The maximum Gasteiger partial charge on any atom is 0.306 e. The summed E-state index contributed by atoms with van der Waals surface area (Å²) in [6, 6.07) is 0. The Morgan fingerprint density at radius 2 is 1.14 bits per heavy atom. The number of phosphoric ester groups is 1. The van der Waals surface area contributed by atoms with Crippen molar-refractivity contribution >= 4 is 19.8 Å². The highest BCUT2D eigenvalue weighted by Crippen LogP contribution is 2.38. The smallest absolute Gasteiger partial charge is 0.306 e. The molecule has 59 heavy (non-hydrogen) atoms. The molecular formula is C48H88NO9P. The number of unbranched alkanes of at least 4 members (excludes halogenated alkanes) is 19. The maximum atomic E-state index is 12.7. The predicted molar refractivity (Wildman–Crippen MR) is 242 cm³/mol. The van der Waals surface area contributed by atoms with Gasteiger partial charge in [0, 0.05) is 12.8 Å². The number of aliphatic hydroxyl groups is 1. The summed E-state index contributed by atoms with van der Waals surface area (Å²) in [5.74, 6) is -1.03. The molecule has 0 rings (SSSR count). The Morgan fingerprint density at radius 1 is 0.627 bits per heavy atom. The van der Waals surface area contributed by atoms with Crippen LogP contribution in [0.3, 0.4) is 0 Å². The Hall–Kier alpha value is -2.07. The molecule has 0 heterocycles.